The topological polar surface area (TPSA) is 180 Å². The molecule has 2 heterocycles. The Morgan fingerprint density at radius 2 is 1.96 bits per heavy atom. The van der Waals surface area contributed by atoms with E-state index < -0.39 is 18.4 Å². The van der Waals surface area contributed by atoms with E-state index in [0.29, 0.717) is 30.2 Å². The van der Waals surface area contributed by atoms with Crippen molar-refractivity contribution in [1.29, 1.82) is 0 Å². The maximum absolute atomic E-state index is 11.8. The van der Waals surface area contributed by atoms with Crippen LogP contribution in [0.4, 0.5) is 29.0 Å². The number of aromatic nitrogens is 2. The van der Waals surface area contributed by atoms with Crippen molar-refractivity contribution in [2.75, 3.05) is 47.1 Å². The second-order valence-corrected chi connectivity index (χ2v) is 5.95. The molecule has 0 aliphatic carbocycles. The number of carboxylic acids is 1. The first kappa shape index (κ1) is 18.0. The number of nitrogens with zero attached hydrogens (tertiary/aromatic N) is 2. The molecule has 1 amide bonds. The Hall–Kier alpha value is -3.76. The van der Waals surface area contributed by atoms with Crippen molar-refractivity contribution in [3.63, 3.8) is 0 Å². The molecule has 0 bridgehead atoms. The number of carbonyl (C=O) groups is 2. The zero-order chi connectivity index (χ0) is 19.4. The molecule has 1 aliphatic rings. The number of hydrogen-bond donors (Lipinski definition) is 7. The number of hydrogen-bond acceptors (Lipinski definition) is 9. The average molecular weight is 372 g/mol. The van der Waals surface area contributed by atoms with Crippen LogP contribution in [0.3, 0.4) is 0 Å². The van der Waals surface area contributed by atoms with Crippen LogP contribution in [-0.4, -0.2) is 52.6 Å². The lowest BCUT2D eigenvalue weighted by Crippen LogP contribution is -2.39. The highest BCUT2D eigenvalue weighted by Crippen LogP contribution is 2.29. The Morgan fingerprint density at radius 1 is 1.22 bits per heavy atom. The molecule has 2 aromatic rings. The molecular formula is C16H20N8O3. The van der Waals surface area contributed by atoms with Crippen molar-refractivity contribution in [3.8, 4) is 0 Å². The first-order valence-corrected chi connectivity index (χ1v) is 8.19. The van der Waals surface area contributed by atoms with Gasteiger partial charge in [-0.05, 0) is 24.3 Å². The van der Waals surface area contributed by atoms with Crippen molar-refractivity contribution in [2.24, 2.45) is 0 Å². The lowest BCUT2D eigenvalue weighted by Gasteiger charge is -2.28. The predicted octanol–water partition coefficient (Wildman–Crippen LogP) is -0.226. The first-order valence-electron chi connectivity index (χ1n) is 8.19. The number of nitrogens with one attached hydrogen (secondary N) is 4. The second-order valence-electron chi connectivity index (χ2n) is 5.95. The lowest BCUT2D eigenvalue weighted by molar-refractivity contribution is -0.135. The van der Waals surface area contributed by atoms with Gasteiger partial charge in [-0.1, -0.05) is 0 Å². The van der Waals surface area contributed by atoms with Gasteiger partial charge in [0.1, 0.15) is 12.2 Å². The Balaban J connectivity index is 1.55. The molecule has 27 heavy (non-hydrogen) atoms. The third-order valence-corrected chi connectivity index (χ3v) is 3.92. The zero-order valence-electron chi connectivity index (χ0n) is 14.3. The largest absolute Gasteiger partial charge is 0.480 e. The quantitative estimate of drug-likeness (QED) is 0.358. The van der Waals surface area contributed by atoms with Gasteiger partial charge in [-0.2, -0.15) is 9.97 Å². The van der Waals surface area contributed by atoms with Crippen LogP contribution < -0.4 is 32.7 Å². The SMILES string of the molecule is Nc1nc(N)c2c(n1)NCC(CNc1ccc(C(=O)NCC(=O)O)cc1)N2. The van der Waals surface area contributed by atoms with Gasteiger partial charge in [0.25, 0.3) is 5.91 Å². The summed E-state index contributed by atoms with van der Waals surface area (Å²) in [7, 11) is 0. The number of carbonyl (C=O) groups excluding carboxylic acids is 1. The van der Waals surface area contributed by atoms with Crippen LogP contribution in [0.15, 0.2) is 24.3 Å². The second kappa shape index (κ2) is 7.64. The lowest BCUT2D eigenvalue weighted by atomic mass is 10.1. The van der Waals surface area contributed by atoms with Crippen LogP contribution in [0.5, 0.6) is 0 Å². The van der Waals surface area contributed by atoms with Crippen LogP contribution in [0.2, 0.25) is 0 Å². The minimum atomic E-state index is -1.09. The van der Waals surface area contributed by atoms with E-state index in [0.717, 1.165) is 5.69 Å². The summed E-state index contributed by atoms with van der Waals surface area (Å²) >= 11 is 0. The van der Waals surface area contributed by atoms with Crippen molar-refractivity contribution >= 4 is 40.8 Å². The van der Waals surface area contributed by atoms with Crippen LogP contribution in [0, 0.1) is 0 Å². The van der Waals surface area contributed by atoms with E-state index >= 15 is 0 Å². The molecule has 1 atom stereocenters. The molecule has 1 aliphatic heterocycles. The molecule has 0 saturated heterocycles. The minimum Gasteiger partial charge on any atom is -0.480 e. The van der Waals surface area contributed by atoms with E-state index in [1.54, 1.807) is 24.3 Å². The summed E-state index contributed by atoms with van der Waals surface area (Å²) in [5, 5.41) is 20.6. The van der Waals surface area contributed by atoms with E-state index in [2.05, 4.69) is 31.2 Å². The summed E-state index contributed by atoms with van der Waals surface area (Å²) in [5.41, 5.74) is 13.3. The highest BCUT2D eigenvalue weighted by molar-refractivity contribution is 5.96. The van der Waals surface area contributed by atoms with E-state index in [4.69, 9.17) is 16.6 Å². The minimum absolute atomic E-state index is 0.0329. The first-order chi connectivity index (χ1) is 12.9. The Kier molecular flexibility index (Phi) is 5.11. The third-order valence-electron chi connectivity index (χ3n) is 3.92. The number of nitrogen functional groups attached to an aromatic ring is 2. The Morgan fingerprint density at radius 3 is 2.67 bits per heavy atom. The fourth-order valence-corrected chi connectivity index (χ4v) is 2.60. The maximum atomic E-state index is 11.8. The molecule has 3 rings (SSSR count). The van der Waals surface area contributed by atoms with Gasteiger partial charge >= 0.3 is 5.97 Å². The number of benzene rings is 1. The van der Waals surface area contributed by atoms with Crippen LogP contribution >= 0.6 is 0 Å². The van der Waals surface area contributed by atoms with Crippen LogP contribution in [0.1, 0.15) is 10.4 Å². The van der Waals surface area contributed by atoms with Crippen LogP contribution in [-0.2, 0) is 4.79 Å². The fraction of sp³-hybridized carbons (Fsp3) is 0.250. The molecular weight excluding hydrogens is 352 g/mol. The molecule has 9 N–H and O–H groups in total. The van der Waals surface area contributed by atoms with Crippen molar-refractivity contribution < 1.29 is 14.7 Å². The van der Waals surface area contributed by atoms with Crippen molar-refractivity contribution in [3.05, 3.63) is 29.8 Å². The monoisotopic (exact) mass is 372 g/mol. The molecule has 1 aromatic heterocycles. The number of nitrogens with two attached hydrogens (primary N) is 2. The predicted molar refractivity (Wildman–Crippen MR) is 102 cm³/mol. The number of rotatable bonds is 6. The molecule has 0 radical (unpaired) electrons. The molecule has 1 unspecified atom stereocenters. The number of amides is 1. The standard InChI is InChI=1S/C16H20N8O3/c17-13-12-14(24-16(18)23-13)20-6-10(22-12)5-19-9-3-1-8(2-4-9)15(27)21-7-11(25)26/h1-4,10,19,22H,5-7H2,(H,21,27)(H,25,26)(H5,17,18,20,23,24). The van der Waals surface area contributed by atoms with Crippen molar-refractivity contribution in [2.45, 2.75) is 6.04 Å². The van der Waals surface area contributed by atoms with E-state index in [9.17, 15) is 9.59 Å². The molecule has 11 nitrogen and oxygen atoms in total. The van der Waals surface area contributed by atoms with Gasteiger partial charge in [0, 0.05) is 24.3 Å². The normalized spacial score (nSPS) is 15.0. The zero-order valence-corrected chi connectivity index (χ0v) is 14.3. The van der Waals surface area contributed by atoms with Gasteiger partial charge in [0.2, 0.25) is 5.95 Å². The van der Waals surface area contributed by atoms with E-state index in [1.807, 2.05) is 0 Å². The molecule has 11 heteroatoms. The van der Waals surface area contributed by atoms with E-state index in [-0.39, 0.29) is 17.8 Å². The molecule has 1 aromatic carbocycles. The smallest absolute Gasteiger partial charge is 0.322 e. The van der Waals surface area contributed by atoms with Crippen molar-refractivity contribution in [1.82, 2.24) is 15.3 Å². The Labute approximate surface area is 154 Å². The summed E-state index contributed by atoms with van der Waals surface area (Å²) in [5.74, 6) is -0.553. The summed E-state index contributed by atoms with van der Waals surface area (Å²) in [4.78, 5) is 30.3. The van der Waals surface area contributed by atoms with Gasteiger partial charge in [-0.15, -0.1) is 0 Å². The number of aliphatic carboxylic acids is 1. The average Bonchev–Trinajstić information content (AvgIpc) is 2.65. The fourth-order valence-electron chi connectivity index (χ4n) is 2.60. The van der Waals surface area contributed by atoms with Crippen LogP contribution in [0.25, 0.3) is 0 Å². The summed E-state index contributed by atoms with van der Waals surface area (Å²) in [6, 6.07) is 6.77. The number of carboxylic acid groups (broad SMARTS) is 1. The summed E-state index contributed by atoms with van der Waals surface area (Å²) in [6.07, 6.45) is 0. The molecule has 0 saturated carbocycles. The van der Waals surface area contributed by atoms with Gasteiger partial charge in [0.15, 0.2) is 11.6 Å². The number of anilines is 5. The van der Waals surface area contributed by atoms with Gasteiger partial charge in [-0.3, -0.25) is 9.59 Å². The maximum Gasteiger partial charge on any atom is 0.322 e. The van der Waals surface area contributed by atoms with Gasteiger partial charge < -0.3 is 37.8 Å². The summed E-state index contributed by atoms with van der Waals surface area (Å²) in [6.45, 7) is 0.783. The Bertz CT molecular complexity index is 855. The van der Waals surface area contributed by atoms with Gasteiger partial charge in [-0.25, -0.2) is 0 Å². The highest BCUT2D eigenvalue weighted by atomic mass is 16.4. The van der Waals surface area contributed by atoms with Gasteiger partial charge in [0.05, 0.1) is 6.04 Å². The van der Waals surface area contributed by atoms with E-state index in [1.165, 1.54) is 0 Å². The molecule has 0 spiro atoms. The number of fused-ring (bicyclic) bond motifs is 1. The summed E-state index contributed by atoms with van der Waals surface area (Å²) < 4.78 is 0. The third kappa shape index (κ3) is 4.45. The molecule has 0 fully saturated rings. The molecule has 142 valence electrons. The highest BCUT2D eigenvalue weighted by Gasteiger charge is 2.21.